The van der Waals surface area contributed by atoms with Gasteiger partial charge in [0, 0.05) is 30.7 Å². The number of sulfonamides is 1. The zero-order valence-corrected chi connectivity index (χ0v) is 13.4. The molecule has 7 heteroatoms. The van der Waals surface area contributed by atoms with E-state index in [0.717, 1.165) is 11.4 Å². The summed E-state index contributed by atoms with van der Waals surface area (Å²) in [7, 11) is -3.56. The minimum absolute atomic E-state index is 0.176. The van der Waals surface area contributed by atoms with E-state index >= 15 is 0 Å². The van der Waals surface area contributed by atoms with Crippen molar-refractivity contribution in [3.05, 3.63) is 47.0 Å². The van der Waals surface area contributed by atoms with Crippen LogP contribution >= 0.6 is 11.6 Å². The summed E-state index contributed by atoms with van der Waals surface area (Å²) in [5.41, 5.74) is 2.17. The number of hydrogen-bond donors (Lipinski definition) is 0. The van der Waals surface area contributed by atoms with E-state index in [4.69, 9.17) is 11.6 Å². The van der Waals surface area contributed by atoms with E-state index in [0.29, 0.717) is 13.1 Å². The molecule has 3 rings (SSSR count). The van der Waals surface area contributed by atoms with Gasteiger partial charge < -0.3 is 4.57 Å². The van der Waals surface area contributed by atoms with E-state index in [1.54, 1.807) is 0 Å². The van der Waals surface area contributed by atoms with Gasteiger partial charge in [-0.2, -0.15) is 4.31 Å². The Morgan fingerprint density at radius 2 is 2.00 bits per heavy atom. The first-order valence-electron chi connectivity index (χ1n) is 6.70. The molecule has 0 N–H and O–H groups in total. The molecular weight excluding hydrogens is 310 g/mol. The maximum Gasteiger partial charge on any atom is 0.245 e. The Kier molecular flexibility index (Phi) is 3.55. The largest absolute Gasteiger partial charge is 0.346 e. The molecule has 1 unspecified atom stereocenters. The van der Waals surface area contributed by atoms with Crippen molar-refractivity contribution < 1.29 is 8.42 Å². The second-order valence-electron chi connectivity index (χ2n) is 5.16. The van der Waals surface area contributed by atoms with Crippen LogP contribution in [0.5, 0.6) is 0 Å². The van der Waals surface area contributed by atoms with E-state index in [-0.39, 0.29) is 16.1 Å². The van der Waals surface area contributed by atoms with Gasteiger partial charge in [0.25, 0.3) is 0 Å². The summed E-state index contributed by atoms with van der Waals surface area (Å²) in [6, 6.07) is 6.80. The summed E-state index contributed by atoms with van der Waals surface area (Å²) in [6.07, 6.45) is 1.31. The second kappa shape index (κ2) is 5.12. The molecule has 2 aromatic rings. The molecule has 0 amide bonds. The Balaban J connectivity index is 1.99. The van der Waals surface area contributed by atoms with Crippen molar-refractivity contribution >= 4 is 21.6 Å². The average Bonchev–Trinajstić information content (AvgIpc) is 2.82. The molecule has 0 aliphatic carbocycles. The van der Waals surface area contributed by atoms with Gasteiger partial charge in [0.15, 0.2) is 0 Å². The fraction of sp³-hybridized carbons (Fsp3) is 0.357. The zero-order valence-electron chi connectivity index (χ0n) is 11.8. The monoisotopic (exact) mass is 325 g/mol. The summed E-state index contributed by atoms with van der Waals surface area (Å²) < 4.78 is 29.2. The van der Waals surface area contributed by atoms with Gasteiger partial charge in [0.2, 0.25) is 10.0 Å². The fourth-order valence-corrected chi connectivity index (χ4v) is 4.43. The lowest BCUT2D eigenvalue weighted by atomic mass is 10.2. The molecule has 5 nitrogen and oxygen atoms in total. The van der Waals surface area contributed by atoms with Crippen LogP contribution in [0, 0.1) is 6.92 Å². The van der Waals surface area contributed by atoms with Crippen LogP contribution in [-0.2, 0) is 16.6 Å². The van der Waals surface area contributed by atoms with E-state index in [1.165, 1.54) is 22.6 Å². The molecule has 0 saturated heterocycles. The summed E-state index contributed by atoms with van der Waals surface area (Å²) in [6.45, 7) is 5.06. The Morgan fingerprint density at radius 3 is 2.67 bits per heavy atom. The fourth-order valence-electron chi connectivity index (χ4n) is 2.78. The predicted octanol–water partition coefficient (Wildman–Crippen LogP) is 2.61. The molecule has 3 heterocycles. The number of halogens is 1. The molecule has 1 aliphatic rings. The van der Waals surface area contributed by atoms with Crippen LogP contribution < -0.4 is 0 Å². The van der Waals surface area contributed by atoms with Gasteiger partial charge in [-0.25, -0.2) is 13.4 Å². The number of pyridine rings is 1. The highest BCUT2D eigenvalue weighted by Crippen LogP contribution is 2.32. The molecule has 0 bridgehead atoms. The van der Waals surface area contributed by atoms with Crippen molar-refractivity contribution in [1.29, 1.82) is 0 Å². The van der Waals surface area contributed by atoms with E-state index in [9.17, 15) is 8.42 Å². The molecule has 0 spiro atoms. The summed E-state index contributed by atoms with van der Waals surface area (Å²) >= 11 is 5.72. The van der Waals surface area contributed by atoms with Gasteiger partial charge in [-0.1, -0.05) is 11.6 Å². The second-order valence-corrected chi connectivity index (χ2v) is 7.44. The summed E-state index contributed by atoms with van der Waals surface area (Å²) in [5.74, 6) is 0. The SMILES string of the molecule is Cc1ccc2n1CCN(S(=O)(=O)c1ccc(Cl)nc1)C2C. The smallest absolute Gasteiger partial charge is 0.245 e. The molecule has 21 heavy (non-hydrogen) atoms. The van der Waals surface area contributed by atoms with Gasteiger partial charge >= 0.3 is 0 Å². The molecule has 1 aliphatic heterocycles. The van der Waals surface area contributed by atoms with Crippen LogP contribution in [0.2, 0.25) is 5.15 Å². The highest BCUT2D eigenvalue weighted by Gasteiger charge is 2.34. The topological polar surface area (TPSA) is 55.2 Å². The highest BCUT2D eigenvalue weighted by molar-refractivity contribution is 7.89. The van der Waals surface area contributed by atoms with Crippen LogP contribution in [0.15, 0.2) is 35.4 Å². The van der Waals surface area contributed by atoms with Crippen LogP contribution in [0.4, 0.5) is 0 Å². The van der Waals surface area contributed by atoms with Crippen molar-refractivity contribution in [2.24, 2.45) is 0 Å². The first kappa shape index (κ1) is 14.6. The third-order valence-electron chi connectivity index (χ3n) is 3.94. The first-order valence-corrected chi connectivity index (χ1v) is 8.52. The standard InChI is InChI=1S/C14H16ClN3O2S/c1-10-3-5-13-11(2)18(8-7-17(10)13)21(19,20)12-4-6-14(15)16-9-12/h3-6,9,11H,7-8H2,1-2H3. The lowest BCUT2D eigenvalue weighted by Gasteiger charge is -2.34. The van der Waals surface area contributed by atoms with Crippen LogP contribution in [0.25, 0.3) is 0 Å². The Labute approximate surface area is 129 Å². The van der Waals surface area contributed by atoms with Gasteiger partial charge in [-0.3, -0.25) is 0 Å². The summed E-state index contributed by atoms with van der Waals surface area (Å²) in [4.78, 5) is 4.04. The molecule has 0 saturated carbocycles. The number of rotatable bonds is 2. The molecule has 0 radical (unpaired) electrons. The minimum Gasteiger partial charge on any atom is -0.346 e. The predicted molar refractivity (Wildman–Crippen MR) is 80.7 cm³/mol. The minimum atomic E-state index is -3.56. The van der Waals surface area contributed by atoms with Gasteiger partial charge in [-0.05, 0) is 38.1 Å². The van der Waals surface area contributed by atoms with Crippen LogP contribution in [0.1, 0.15) is 24.4 Å². The number of nitrogens with zero attached hydrogens (tertiary/aromatic N) is 3. The molecule has 112 valence electrons. The molecule has 1 atom stereocenters. The zero-order chi connectivity index (χ0) is 15.2. The average molecular weight is 326 g/mol. The Morgan fingerprint density at radius 1 is 1.24 bits per heavy atom. The van der Waals surface area contributed by atoms with Crippen molar-refractivity contribution in [1.82, 2.24) is 13.9 Å². The van der Waals surface area contributed by atoms with E-state index < -0.39 is 10.0 Å². The molecule has 0 aromatic carbocycles. The Hall–Kier alpha value is -1.37. The molecule has 2 aromatic heterocycles. The maximum absolute atomic E-state index is 12.8. The lowest BCUT2D eigenvalue weighted by molar-refractivity contribution is 0.280. The maximum atomic E-state index is 12.8. The lowest BCUT2D eigenvalue weighted by Crippen LogP contribution is -2.41. The van der Waals surface area contributed by atoms with Gasteiger partial charge in [-0.15, -0.1) is 0 Å². The van der Waals surface area contributed by atoms with Crippen molar-refractivity contribution in [2.75, 3.05) is 6.54 Å². The van der Waals surface area contributed by atoms with E-state index in [2.05, 4.69) is 9.55 Å². The number of hydrogen-bond acceptors (Lipinski definition) is 3. The molecule has 0 fully saturated rings. The Bertz CT molecular complexity index is 768. The summed E-state index contributed by atoms with van der Waals surface area (Å²) in [5, 5.41) is 0.283. The van der Waals surface area contributed by atoms with Crippen molar-refractivity contribution in [3.8, 4) is 0 Å². The first-order chi connectivity index (χ1) is 9.91. The quantitative estimate of drug-likeness (QED) is 0.797. The number of aromatic nitrogens is 2. The highest BCUT2D eigenvalue weighted by atomic mass is 35.5. The third-order valence-corrected chi connectivity index (χ3v) is 6.12. The number of aryl methyl sites for hydroxylation is 1. The molecular formula is C14H16ClN3O2S. The number of fused-ring (bicyclic) bond motifs is 1. The van der Waals surface area contributed by atoms with Crippen molar-refractivity contribution in [2.45, 2.75) is 31.3 Å². The van der Waals surface area contributed by atoms with E-state index in [1.807, 2.05) is 26.0 Å². The van der Waals surface area contributed by atoms with Crippen LogP contribution in [-0.4, -0.2) is 28.8 Å². The van der Waals surface area contributed by atoms with Gasteiger partial charge in [0.05, 0.1) is 6.04 Å². The van der Waals surface area contributed by atoms with Gasteiger partial charge in [0.1, 0.15) is 10.0 Å². The van der Waals surface area contributed by atoms with Crippen molar-refractivity contribution in [3.63, 3.8) is 0 Å². The van der Waals surface area contributed by atoms with Crippen LogP contribution in [0.3, 0.4) is 0 Å². The normalized spacial score (nSPS) is 19.5. The third kappa shape index (κ3) is 2.37.